The molecule has 0 bridgehead atoms. The molecule has 376 valence electrons. The van der Waals surface area contributed by atoms with Crippen LogP contribution in [0.5, 0.6) is 0 Å². The molecule has 2 fully saturated rings. The number of hydrogen-bond donors (Lipinski definition) is 13. The quantitative estimate of drug-likeness (QED) is 0.0180. The van der Waals surface area contributed by atoms with E-state index in [-0.39, 0.29) is 62.0 Å². The lowest BCUT2D eigenvalue weighted by Gasteiger charge is -2.25. The van der Waals surface area contributed by atoms with Gasteiger partial charge in [0.05, 0.1) is 31.5 Å². The molecule has 2 aromatic heterocycles. The van der Waals surface area contributed by atoms with Gasteiger partial charge in [0, 0.05) is 78.1 Å². The lowest BCUT2D eigenvalue weighted by atomic mass is 9.92. The van der Waals surface area contributed by atoms with Crippen LogP contribution in [0, 0.1) is 11.8 Å². The van der Waals surface area contributed by atoms with Crippen LogP contribution >= 0.6 is 11.8 Å². The zero-order valence-corrected chi connectivity index (χ0v) is 39.6. The van der Waals surface area contributed by atoms with E-state index in [0.717, 1.165) is 35.9 Å². The molecule has 14 N–H and O–H groups in total. The maximum atomic E-state index is 14.1. The number of thioether (sulfide) groups is 1. The van der Waals surface area contributed by atoms with E-state index < -0.39 is 78.5 Å². The molecule has 2 aliphatic rings. The van der Waals surface area contributed by atoms with Crippen molar-refractivity contribution in [1.29, 1.82) is 0 Å². The van der Waals surface area contributed by atoms with Crippen molar-refractivity contribution in [3.63, 3.8) is 0 Å². The second-order valence-corrected chi connectivity index (χ2v) is 19.0. The first-order valence-corrected chi connectivity index (χ1v) is 24.3. The number of nitrogens with two attached hydrogens (primary N) is 1. The average Bonchev–Trinajstić information content (AvgIpc) is 4.14. The summed E-state index contributed by atoms with van der Waals surface area (Å²) in [6, 6.07) is 3.98. The maximum Gasteiger partial charge on any atom is 0.315 e. The van der Waals surface area contributed by atoms with Gasteiger partial charge in [-0.15, -0.1) is 0 Å². The van der Waals surface area contributed by atoms with E-state index >= 15 is 0 Å². The van der Waals surface area contributed by atoms with Crippen LogP contribution in [-0.4, -0.2) is 134 Å². The Morgan fingerprint density at radius 2 is 1.57 bits per heavy atom. The number of carbonyl (C=O) groups excluding carboxylic acids is 9. The molecule has 0 radical (unpaired) electrons. The summed E-state index contributed by atoms with van der Waals surface area (Å²) in [5.74, 6) is -5.23. The Kier molecular flexibility index (Phi) is 20.6. The third-order valence-electron chi connectivity index (χ3n) is 11.9. The van der Waals surface area contributed by atoms with Gasteiger partial charge in [0.2, 0.25) is 47.3 Å². The Labute approximate surface area is 403 Å². The molecule has 3 aromatic rings. The summed E-state index contributed by atoms with van der Waals surface area (Å²) in [5.41, 5.74) is 9.03. The van der Waals surface area contributed by atoms with E-state index in [9.17, 15) is 43.2 Å². The number of hydrogen-bond acceptors (Lipinski definition) is 12. The van der Waals surface area contributed by atoms with Gasteiger partial charge in [0.25, 0.3) is 0 Å². The molecule has 5 rings (SSSR count). The van der Waals surface area contributed by atoms with Crippen molar-refractivity contribution in [1.82, 2.24) is 63.0 Å². The Hall–Kier alpha value is -6.69. The summed E-state index contributed by atoms with van der Waals surface area (Å²) in [6.45, 7) is 2.97. The van der Waals surface area contributed by atoms with Crippen LogP contribution in [0.15, 0.2) is 43.0 Å². The molecule has 2 saturated heterocycles. The number of H-pyrrole nitrogens is 2. The smallest absolute Gasteiger partial charge is 0.315 e. The summed E-state index contributed by atoms with van der Waals surface area (Å²) in [7, 11) is 0. The van der Waals surface area contributed by atoms with E-state index in [0.29, 0.717) is 42.3 Å². The van der Waals surface area contributed by atoms with E-state index in [1.165, 1.54) is 12.5 Å². The first-order valence-electron chi connectivity index (χ1n) is 23.2. The van der Waals surface area contributed by atoms with Crippen molar-refractivity contribution in [3.8, 4) is 0 Å². The minimum absolute atomic E-state index is 0.00927. The number of para-hydroxylation sites is 1. The molecule has 1 unspecified atom stereocenters. The highest BCUT2D eigenvalue weighted by Gasteiger charge is 2.42. The second-order valence-electron chi connectivity index (χ2n) is 17.8. The number of urea groups is 1. The van der Waals surface area contributed by atoms with Gasteiger partial charge in [-0.05, 0) is 56.1 Å². The van der Waals surface area contributed by atoms with Crippen LogP contribution in [-0.2, 0) is 51.2 Å². The third-order valence-corrected chi connectivity index (χ3v) is 13.4. The summed E-state index contributed by atoms with van der Waals surface area (Å²) in [5, 5.41) is 31.9. The largest absolute Gasteiger partial charge is 0.368 e. The standard InChI is InChI=1S/C45H65N13O10S/c1-25(2)15-26(17-37(60)58-68)42(64)54-32(16-27-19-49-30-10-4-3-9-29(27)30)44(66)55-33(18-28-20-47-24-52-28)43(65)51-21-38(61)50-22-39(62)53-31(41(46)63)11-7-8-14-48-36(59)13-6-5-12-35-40-34(23-69-35)56-45(67)57-40/h3-4,9-10,19-20,24-26,31-35,40,49,68H,5-8,11-18,21-23H2,1-2H3,(H2,46,63)(H,47,52)(H,48,59)(H,50,61)(H,51,65)(H,53,62)(H,54,64)(H,55,66)(H,58,60)(H2,56,57,67)/t26?,31-,32-,33-,34-,35-,40-/m0/s1. The zero-order valence-electron chi connectivity index (χ0n) is 38.8. The van der Waals surface area contributed by atoms with Gasteiger partial charge < -0.3 is 58.2 Å². The number of benzene rings is 1. The Morgan fingerprint density at radius 3 is 2.30 bits per heavy atom. The molecule has 1 aromatic carbocycles. The number of fused-ring (bicyclic) bond motifs is 2. The molecule has 24 heteroatoms. The fourth-order valence-electron chi connectivity index (χ4n) is 8.37. The Bertz CT molecular complexity index is 2260. The molecule has 2 aliphatic heterocycles. The van der Waals surface area contributed by atoms with Gasteiger partial charge >= 0.3 is 6.03 Å². The summed E-state index contributed by atoms with van der Waals surface area (Å²) in [6.07, 6.45) is 8.44. The van der Waals surface area contributed by atoms with E-state index in [4.69, 9.17) is 10.9 Å². The SMILES string of the molecule is CC(C)CC(CC(=O)NO)C(=O)N[C@@H](Cc1c[nH]c2ccccc12)C(=O)N[C@@H](Cc1cnc[nH]1)C(=O)NCC(=O)NCC(=O)N[C@@H](CCCCNC(=O)CCCC[C@@H]1SC[C@@H]2NC(=O)N[C@@H]21)C(N)=O. The molecule has 0 aliphatic carbocycles. The lowest BCUT2D eigenvalue weighted by Crippen LogP contribution is -2.56. The Balaban J connectivity index is 1.07. The maximum absolute atomic E-state index is 14.1. The molecule has 0 spiro atoms. The lowest BCUT2D eigenvalue weighted by molar-refractivity contribution is -0.137. The van der Waals surface area contributed by atoms with Gasteiger partial charge in [-0.25, -0.2) is 15.3 Å². The van der Waals surface area contributed by atoms with Crippen LogP contribution in [0.2, 0.25) is 0 Å². The highest BCUT2D eigenvalue weighted by Crippen LogP contribution is 2.33. The zero-order chi connectivity index (χ0) is 49.9. The summed E-state index contributed by atoms with van der Waals surface area (Å²) < 4.78 is 0. The number of aromatic amines is 2. The first-order chi connectivity index (χ1) is 33.1. The van der Waals surface area contributed by atoms with Gasteiger partial charge in [-0.1, -0.05) is 38.5 Å². The normalized spacial score (nSPS) is 17.9. The molecule has 0 saturated carbocycles. The number of unbranched alkanes of at least 4 members (excludes halogenated alkanes) is 2. The second kappa shape index (κ2) is 26.7. The number of primary amides is 1. The molecular formula is C45H65N13O10S. The van der Waals surface area contributed by atoms with Crippen molar-refractivity contribution < 1.29 is 48.4 Å². The highest BCUT2D eigenvalue weighted by molar-refractivity contribution is 8.00. The monoisotopic (exact) mass is 979 g/mol. The van der Waals surface area contributed by atoms with Crippen molar-refractivity contribution in [2.45, 2.75) is 120 Å². The van der Waals surface area contributed by atoms with Crippen LogP contribution in [0.1, 0.15) is 82.9 Å². The number of rotatable bonds is 29. The fourth-order valence-corrected chi connectivity index (χ4v) is 9.91. The predicted octanol–water partition coefficient (Wildman–Crippen LogP) is -0.582. The molecule has 10 amide bonds. The minimum Gasteiger partial charge on any atom is -0.368 e. The fraction of sp³-hybridized carbons (Fsp3) is 0.556. The first kappa shape index (κ1) is 53.3. The van der Waals surface area contributed by atoms with Crippen molar-refractivity contribution in [3.05, 3.63) is 54.2 Å². The molecular weight excluding hydrogens is 915 g/mol. The number of amides is 10. The molecule has 23 nitrogen and oxygen atoms in total. The van der Waals surface area contributed by atoms with Gasteiger partial charge in [0.1, 0.15) is 18.1 Å². The number of nitrogens with zero attached hydrogens (tertiary/aromatic N) is 1. The number of imidazole rings is 1. The van der Waals surface area contributed by atoms with Gasteiger partial charge in [-0.2, -0.15) is 11.8 Å². The topological polar surface area (TPSA) is 353 Å². The number of hydroxylamine groups is 1. The van der Waals surface area contributed by atoms with Crippen molar-refractivity contribution in [2.75, 3.05) is 25.4 Å². The van der Waals surface area contributed by atoms with Crippen LogP contribution in [0.3, 0.4) is 0 Å². The number of aromatic nitrogens is 3. The van der Waals surface area contributed by atoms with E-state index in [1.807, 2.05) is 49.9 Å². The predicted molar refractivity (Wildman–Crippen MR) is 254 cm³/mol. The average molecular weight is 980 g/mol. The number of carbonyl (C=O) groups is 9. The van der Waals surface area contributed by atoms with Crippen molar-refractivity contribution >= 4 is 76.0 Å². The van der Waals surface area contributed by atoms with Crippen LogP contribution < -0.4 is 53.7 Å². The van der Waals surface area contributed by atoms with Crippen LogP contribution in [0.4, 0.5) is 4.79 Å². The van der Waals surface area contributed by atoms with Crippen molar-refractivity contribution in [2.24, 2.45) is 17.6 Å². The third kappa shape index (κ3) is 17.1. The molecule has 4 heterocycles. The molecule has 7 atom stereocenters. The van der Waals surface area contributed by atoms with E-state index in [1.54, 1.807) is 11.7 Å². The highest BCUT2D eigenvalue weighted by atomic mass is 32.2. The van der Waals surface area contributed by atoms with Gasteiger partial charge in [0.15, 0.2) is 0 Å². The number of nitrogens with one attached hydrogen (secondary N) is 11. The summed E-state index contributed by atoms with van der Waals surface area (Å²) in [4.78, 5) is 125. The summed E-state index contributed by atoms with van der Waals surface area (Å²) >= 11 is 1.83. The molecule has 69 heavy (non-hydrogen) atoms. The minimum atomic E-state index is -1.29. The van der Waals surface area contributed by atoms with E-state index in [2.05, 4.69) is 57.5 Å². The van der Waals surface area contributed by atoms with Gasteiger partial charge in [-0.3, -0.25) is 43.6 Å². The van der Waals surface area contributed by atoms with Crippen LogP contribution in [0.25, 0.3) is 10.9 Å². The Morgan fingerprint density at radius 1 is 0.812 bits per heavy atom.